The summed E-state index contributed by atoms with van der Waals surface area (Å²) in [6, 6.07) is 18.6. The number of anilines is 1. The lowest BCUT2D eigenvalue weighted by molar-refractivity contribution is 0.140. The molecule has 0 atom stereocenters. The molecule has 0 spiro atoms. The first kappa shape index (κ1) is 17.5. The molecule has 0 radical (unpaired) electrons. The molecule has 114 valence electrons. The van der Waals surface area contributed by atoms with Crippen molar-refractivity contribution in [3.63, 3.8) is 0 Å². The maximum absolute atomic E-state index is 5.84. The molecule has 0 saturated heterocycles. The summed E-state index contributed by atoms with van der Waals surface area (Å²) < 4.78 is 5.21. The number of hydrogen-bond acceptors (Lipinski definition) is 3. The van der Waals surface area contributed by atoms with Crippen molar-refractivity contribution in [2.24, 2.45) is 0 Å². The minimum atomic E-state index is 0. The van der Waals surface area contributed by atoms with E-state index in [1.807, 2.05) is 24.3 Å². The molecular formula is C17H23ClN2O. The number of hydrogen-bond donors (Lipinski definition) is 1. The predicted molar refractivity (Wildman–Crippen MR) is 90.5 cm³/mol. The van der Waals surface area contributed by atoms with Crippen LogP contribution in [-0.4, -0.2) is 25.2 Å². The van der Waals surface area contributed by atoms with E-state index in [1.54, 1.807) is 7.11 Å². The SMILES string of the molecule is COCCN(Cc1ccccc1)Cc1cccc(N)c1.Cl. The molecule has 2 aromatic rings. The first-order valence-electron chi connectivity index (χ1n) is 6.87. The summed E-state index contributed by atoms with van der Waals surface area (Å²) in [5, 5.41) is 0. The van der Waals surface area contributed by atoms with Crippen molar-refractivity contribution in [3.8, 4) is 0 Å². The summed E-state index contributed by atoms with van der Waals surface area (Å²) in [4.78, 5) is 2.37. The highest BCUT2D eigenvalue weighted by atomic mass is 35.5. The van der Waals surface area contributed by atoms with Gasteiger partial charge in [-0.2, -0.15) is 0 Å². The largest absolute Gasteiger partial charge is 0.399 e. The highest BCUT2D eigenvalue weighted by Crippen LogP contribution is 2.12. The third-order valence-electron chi connectivity index (χ3n) is 3.22. The maximum Gasteiger partial charge on any atom is 0.0589 e. The molecule has 0 fully saturated rings. The Labute approximate surface area is 133 Å². The lowest BCUT2D eigenvalue weighted by Crippen LogP contribution is -2.26. The summed E-state index contributed by atoms with van der Waals surface area (Å²) in [7, 11) is 1.74. The zero-order valence-electron chi connectivity index (χ0n) is 12.4. The van der Waals surface area contributed by atoms with Gasteiger partial charge in [0, 0.05) is 32.4 Å². The number of halogens is 1. The van der Waals surface area contributed by atoms with Gasteiger partial charge in [0.1, 0.15) is 0 Å². The lowest BCUT2D eigenvalue weighted by atomic mass is 10.1. The van der Waals surface area contributed by atoms with Crippen LogP contribution in [-0.2, 0) is 17.8 Å². The Balaban J connectivity index is 0.00000220. The van der Waals surface area contributed by atoms with Crippen LogP contribution in [0, 0.1) is 0 Å². The number of methoxy groups -OCH3 is 1. The van der Waals surface area contributed by atoms with Gasteiger partial charge in [-0.25, -0.2) is 0 Å². The Bertz CT molecular complexity index is 519. The first-order chi connectivity index (χ1) is 9.78. The maximum atomic E-state index is 5.84. The molecule has 21 heavy (non-hydrogen) atoms. The van der Waals surface area contributed by atoms with Crippen molar-refractivity contribution in [2.75, 3.05) is 26.0 Å². The molecule has 3 nitrogen and oxygen atoms in total. The quantitative estimate of drug-likeness (QED) is 0.797. The van der Waals surface area contributed by atoms with Crippen molar-refractivity contribution < 1.29 is 4.74 Å². The van der Waals surface area contributed by atoms with Crippen LogP contribution < -0.4 is 5.73 Å². The normalized spacial score (nSPS) is 10.4. The fourth-order valence-corrected chi connectivity index (χ4v) is 2.23. The summed E-state index contributed by atoms with van der Waals surface area (Å²) in [6.07, 6.45) is 0. The van der Waals surface area contributed by atoms with Gasteiger partial charge in [-0.3, -0.25) is 4.90 Å². The van der Waals surface area contributed by atoms with Crippen LogP contribution in [0.3, 0.4) is 0 Å². The van der Waals surface area contributed by atoms with E-state index in [-0.39, 0.29) is 12.4 Å². The molecule has 0 heterocycles. The fraction of sp³-hybridized carbons (Fsp3) is 0.294. The molecule has 0 aliphatic heterocycles. The summed E-state index contributed by atoms with van der Waals surface area (Å²) in [5.74, 6) is 0. The van der Waals surface area contributed by atoms with Crippen LogP contribution in [0.1, 0.15) is 11.1 Å². The van der Waals surface area contributed by atoms with Crippen LogP contribution >= 0.6 is 12.4 Å². The van der Waals surface area contributed by atoms with Crippen molar-refractivity contribution in [3.05, 3.63) is 65.7 Å². The Hall–Kier alpha value is -1.55. The van der Waals surface area contributed by atoms with Crippen LogP contribution in [0.2, 0.25) is 0 Å². The van der Waals surface area contributed by atoms with Gasteiger partial charge in [-0.15, -0.1) is 12.4 Å². The molecular weight excluding hydrogens is 284 g/mol. The molecule has 2 aromatic carbocycles. The number of rotatable bonds is 7. The van der Waals surface area contributed by atoms with E-state index in [0.29, 0.717) is 0 Å². The Morgan fingerprint density at radius 2 is 1.62 bits per heavy atom. The molecule has 2 N–H and O–H groups in total. The van der Waals surface area contributed by atoms with Gasteiger partial charge in [0.25, 0.3) is 0 Å². The van der Waals surface area contributed by atoms with Crippen LogP contribution in [0.15, 0.2) is 54.6 Å². The molecule has 0 unspecified atom stereocenters. The Morgan fingerprint density at radius 3 is 2.29 bits per heavy atom. The van der Waals surface area contributed by atoms with Gasteiger partial charge < -0.3 is 10.5 Å². The smallest absolute Gasteiger partial charge is 0.0589 e. The van der Waals surface area contributed by atoms with Gasteiger partial charge in [-0.05, 0) is 23.3 Å². The number of nitrogens with two attached hydrogens (primary N) is 1. The standard InChI is InChI=1S/C17H22N2O.ClH/c1-20-11-10-19(13-15-6-3-2-4-7-15)14-16-8-5-9-17(18)12-16;/h2-9,12H,10-11,13-14,18H2,1H3;1H. The number of ether oxygens (including phenoxy) is 1. The lowest BCUT2D eigenvalue weighted by Gasteiger charge is -2.22. The highest BCUT2D eigenvalue weighted by molar-refractivity contribution is 5.85. The Morgan fingerprint density at radius 1 is 0.952 bits per heavy atom. The summed E-state index contributed by atoms with van der Waals surface area (Å²) in [6.45, 7) is 3.43. The summed E-state index contributed by atoms with van der Waals surface area (Å²) >= 11 is 0. The van der Waals surface area contributed by atoms with E-state index in [9.17, 15) is 0 Å². The van der Waals surface area contributed by atoms with E-state index in [0.717, 1.165) is 31.9 Å². The molecule has 0 amide bonds. The fourth-order valence-electron chi connectivity index (χ4n) is 2.23. The van der Waals surface area contributed by atoms with E-state index < -0.39 is 0 Å². The van der Waals surface area contributed by atoms with Crippen LogP contribution in [0.5, 0.6) is 0 Å². The van der Waals surface area contributed by atoms with Crippen LogP contribution in [0.4, 0.5) is 5.69 Å². The van der Waals surface area contributed by atoms with Crippen LogP contribution in [0.25, 0.3) is 0 Å². The van der Waals surface area contributed by atoms with Crippen molar-refractivity contribution >= 4 is 18.1 Å². The van der Waals surface area contributed by atoms with E-state index in [4.69, 9.17) is 10.5 Å². The number of nitrogen functional groups attached to an aromatic ring is 1. The van der Waals surface area contributed by atoms with Crippen molar-refractivity contribution in [1.82, 2.24) is 4.90 Å². The average Bonchev–Trinajstić information content (AvgIpc) is 2.46. The minimum Gasteiger partial charge on any atom is -0.399 e. The zero-order valence-corrected chi connectivity index (χ0v) is 13.2. The Kier molecular flexibility index (Phi) is 7.83. The highest BCUT2D eigenvalue weighted by Gasteiger charge is 2.07. The third kappa shape index (κ3) is 6.17. The van der Waals surface area contributed by atoms with Gasteiger partial charge in [-0.1, -0.05) is 42.5 Å². The van der Waals surface area contributed by atoms with Gasteiger partial charge >= 0.3 is 0 Å². The molecule has 0 aromatic heterocycles. The number of nitrogens with zero attached hydrogens (tertiary/aromatic N) is 1. The molecule has 0 aliphatic rings. The van der Waals surface area contributed by atoms with Gasteiger partial charge in [0.2, 0.25) is 0 Å². The van der Waals surface area contributed by atoms with E-state index in [2.05, 4.69) is 35.2 Å². The first-order valence-corrected chi connectivity index (χ1v) is 6.87. The average molecular weight is 307 g/mol. The molecule has 0 bridgehead atoms. The second-order valence-electron chi connectivity index (χ2n) is 4.93. The number of benzene rings is 2. The van der Waals surface area contributed by atoms with Crippen molar-refractivity contribution in [2.45, 2.75) is 13.1 Å². The second-order valence-corrected chi connectivity index (χ2v) is 4.93. The molecule has 0 aliphatic carbocycles. The molecule has 2 rings (SSSR count). The monoisotopic (exact) mass is 306 g/mol. The topological polar surface area (TPSA) is 38.5 Å². The molecule has 4 heteroatoms. The van der Waals surface area contributed by atoms with Gasteiger partial charge in [0.15, 0.2) is 0 Å². The summed E-state index contributed by atoms with van der Waals surface area (Å²) in [5.41, 5.74) is 9.20. The van der Waals surface area contributed by atoms with Crippen molar-refractivity contribution in [1.29, 1.82) is 0 Å². The zero-order chi connectivity index (χ0) is 14.2. The molecule has 0 saturated carbocycles. The minimum absolute atomic E-state index is 0. The van der Waals surface area contributed by atoms with Gasteiger partial charge in [0.05, 0.1) is 6.61 Å². The van der Waals surface area contributed by atoms with E-state index >= 15 is 0 Å². The van der Waals surface area contributed by atoms with E-state index in [1.165, 1.54) is 11.1 Å². The predicted octanol–water partition coefficient (Wildman–Crippen LogP) is 3.34. The third-order valence-corrected chi connectivity index (χ3v) is 3.22. The second kappa shape index (κ2) is 9.40.